The highest BCUT2D eigenvalue weighted by Crippen LogP contribution is 2.15. The Morgan fingerprint density at radius 3 is 2.90 bits per heavy atom. The van der Waals surface area contributed by atoms with Crippen molar-refractivity contribution in [1.29, 1.82) is 0 Å². The molecular formula is C14H13N3O2S. The van der Waals surface area contributed by atoms with Crippen molar-refractivity contribution in [1.82, 2.24) is 9.38 Å². The third kappa shape index (κ3) is 2.50. The predicted molar refractivity (Wildman–Crippen MR) is 79.7 cm³/mol. The van der Waals surface area contributed by atoms with Crippen LogP contribution in [0.4, 0.5) is 5.69 Å². The number of benzene rings is 1. The molecule has 5 nitrogen and oxygen atoms in total. The van der Waals surface area contributed by atoms with E-state index in [1.54, 1.807) is 23.8 Å². The highest BCUT2D eigenvalue weighted by molar-refractivity contribution is 7.15. The van der Waals surface area contributed by atoms with Crippen molar-refractivity contribution < 1.29 is 4.74 Å². The van der Waals surface area contributed by atoms with Crippen LogP contribution in [0.15, 0.2) is 46.7 Å². The van der Waals surface area contributed by atoms with Crippen LogP contribution < -0.4 is 15.6 Å². The number of hydrogen-bond acceptors (Lipinski definition) is 5. The van der Waals surface area contributed by atoms with Gasteiger partial charge in [-0.2, -0.15) is 0 Å². The van der Waals surface area contributed by atoms with Gasteiger partial charge in [0.15, 0.2) is 4.96 Å². The smallest absolute Gasteiger partial charge is 0.258 e. The van der Waals surface area contributed by atoms with E-state index in [4.69, 9.17) is 4.74 Å². The highest BCUT2D eigenvalue weighted by atomic mass is 32.1. The third-order valence-corrected chi connectivity index (χ3v) is 3.68. The molecule has 0 amide bonds. The molecule has 0 aliphatic carbocycles. The van der Waals surface area contributed by atoms with Crippen molar-refractivity contribution in [3.05, 3.63) is 58.0 Å². The van der Waals surface area contributed by atoms with Crippen LogP contribution in [0.25, 0.3) is 4.96 Å². The second-order valence-corrected chi connectivity index (χ2v) is 5.10. The second-order valence-electron chi connectivity index (χ2n) is 4.22. The van der Waals surface area contributed by atoms with Gasteiger partial charge in [0, 0.05) is 23.3 Å². The van der Waals surface area contributed by atoms with E-state index in [2.05, 4.69) is 10.3 Å². The summed E-state index contributed by atoms with van der Waals surface area (Å²) in [5.74, 6) is 0.812. The first kappa shape index (κ1) is 12.7. The maximum absolute atomic E-state index is 11.8. The molecule has 2 heterocycles. The molecule has 0 bridgehead atoms. The minimum Gasteiger partial charge on any atom is -0.497 e. The molecule has 0 spiro atoms. The summed E-state index contributed by atoms with van der Waals surface area (Å²) in [6, 6.07) is 9.17. The lowest BCUT2D eigenvalue weighted by atomic mass is 10.3. The Hall–Kier alpha value is -2.34. The van der Waals surface area contributed by atoms with Gasteiger partial charge in [0.2, 0.25) is 0 Å². The molecule has 0 unspecified atom stereocenters. The molecule has 1 aromatic carbocycles. The quantitative estimate of drug-likeness (QED) is 0.800. The topological polar surface area (TPSA) is 55.6 Å². The summed E-state index contributed by atoms with van der Waals surface area (Å²) < 4.78 is 6.65. The SMILES string of the molecule is COc1ccc(NCc2cc(=O)n3ccsc3n2)cc1. The van der Waals surface area contributed by atoms with Crippen molar-refractivity contribution in [2.75, 3.05) is 12.4 Å². The van der Waals surface area contributed by atoms with E-state index in [0.29, 0.717) is 11.5 Å². The Labute approximate surface area is 119 Å². The van der Waals surface area contributed by atoms with Gasteiger partial charge in [-0.25, -0.2) is 4.98 Å². The molecule has 0 radical (unpaired) electrons. The van der Waals surface area contributed by atoms with Gasteiger partial charge >= 0.3 is 0 Å². The number of fused-ring (bicyclic) bond motifs is 1. The van der Waals surface area contributed by atoms with E-state index >= 15 is 0 Å². The number of nitrogens with one attached hydrogen (secondary N) is 1. The lowest BCUT2D eigenvalue weighted by Crippen LogP contribution is -2.14. The van der Waals surface area contributed by atoms with Gasteiger partial charge < -0.3 is 10.1 Å². The monoisotopic (exact) mass is 287 g/mol. The number of anilines is 1. The number of aromatic nitrogens is 2. The van der Waals surface area contributed by atoms with Crippen molar-refractivity contribution in [2.24, 2.45) is 0 Å². The Bertz CT molecular complexity index is 777. The van der Waals surface area contributed by atoms with E-state index in [-0.39, 0.29) is 5.56 Å². The average molecular weight is 287 g/mol. The number of hydrogen-bond donors (Lipinski definition) is 1. The molecule has 20 heavy (non-hydrogen) atoms. The fourth-order valence-corrected chi connectivity index (χ4v) is 2.62. The fraction of sp³-hybridized carbons (Fsp3) is 0.143. The molecule has 1 N–H and O–H groups in total. The van der Waals surface area contributed by atoms with Crippen LogP contribution in [0.1, 0.15) is 5.69 Å². The molecule has 0 atom stereocenters. The van der Waals surface area contributed by atoms with Crippen LogP contribution >= 0.6 is 11.3 Å². The number of rotatable bonds is 4. The molecule has 3 rings (SSSR count). The summed E-state index contributed by atoms with van der Waals surface area (Å²) in [6.45, 7) is 0.510. The largest absolute Gasteiger partial charge is 0.497 e. The zero-order valence-corrected chi connectivity index (χ0v) is 11.7. The van der Waals surface area contributed by atoms with Crippen molar-refractivity contribution >= 4 is 22.0 Å². The average Bonchev–Trinajstić information content (AvgIpc) is 2.94. The number of methoxy groups -OCH3 is 1. The van der Waals surface area contributed by atoms with Crippen molar-refractivity contribution in [3.63, 3.8) is 0 Å². The summed E-state index contributed by atoms with van der Waals surface area (Å²) in [5, 5.41) is 5.09. The molecular weight excluding hydrogens is 274 g/mol. The molecule has 2 aromatic heterocycles. The first-order valence-electron chi connectivity index (χ1n) is 6.10. The van der Waals surface area contributed by atoms with Crippen LogP contribution in [0.3, 0.4) is 0 Å². The molecule has 6 heteroatoms. The molecule has 0 fully saturated rings. The Kier molecular flexibility index (Phi) is 3.39. The summed E-state index contributed by atoms with van der Waals surface area (Å²) in [7, 11) is 1.63. The zero-order chi connectivity index (χ0) is 13.9. The van der Waals surface area contributed by atoms with E-state index in [9.17, 15) is 4.79 Å². The van der Waals surface area contributed by atoms with Crippen LogP contribution in [0, 0.1) is 0 Å². The molecule has 0 saturated carbocycles. The Morgan fingerprint density at radius 1 is 1.35 bits per heavy atom. The summed E-state index contributed by atoms with van der Waals surface area (Å²) in [6.07, 6.45) is 1.73. The Balaban J connectivity index is 1.77. The van der Waals surface area contributed by atoms with E-state index in [1.165, 1.54) is 11.3 Å². The summed E-state index contributed by atoms with van der Waals surface area (Å²) in [4.78, 5) is 17.0. The number of thiazole rings is 1. The van der Waals surface area contributed by atoms with Crippen LogP contribution in [0.5, 0.6) is 5.75 Å². The van der Waals surface area contributed by atoms with Gasteiger partial charge in [0.1, 0.15) is 5.75 Å². The van der Waals surface area contributed by atoms with Gasteiger partial charge in [-0.05, 0) is 24.3 Å². The van der Waals surface area contributed by atoms with E-state index in [0.717, 1.165) is 17.1 Å². The first-order valence-corrected chi connectivity index (χ1v) is 6.98. The van der Waals surface area contributed by atoms with Crippen LogP contribution in [-0.4, -0.2) is 16.5 Å². The molecule has 0 aliphatic rings. The van der Waals surface area contributed by atoms with Crippen molar-refractivity contribution in [2.45, 2.75) is 6.54 Å². The van der Waals surface area contributed by atoms with Gasteiger partial charge in [-0.3, -0.25) is 9.20 Å². The Morgan fingerprint density at radius 2 is 2.15 bits per heavy atom. The van der Waals surface area contributed by atoms with Gasteiger partial charge in [0.05, 0.1) is 19.3 Å². The van der Waals surface area contributed by atoms with Gasteiger partial charge in [-0.1, -0.05) is 0 Å². The first-order chi connectivity index (χ1) is 9.76. The summed E-state index contributed by atoms with van der Waals surface area (Å²) in [5.41, 5.74) is 1.63. The normalized spacial score (nSPS) is 10.7. The van der Waals surface area contributed by atoms with Crippen LogP contribution in [-0.2, 0) is 6.54 Å². The van der Waals surface area contributed by atoms with Gasteiger partial charge in [-0.15, -0.1) is 11.3 Å². The second kappa shape index (κ2) is 5.34. The lowest BCUT2D eigenvalue weighted by Gasteiger charge is -2.07. The predicted octanol–water partition coefficient (Wildman–Crippen LogP) is 2.38. The van der Waals surface area contributed by atoms with Crippen molar-refractivity contribution in [3.8, 4) is 5.75 Å². The molecule has 0 aliphatic heterocycles. The fourth-order valence-electron chi connectivity index (χ4n) is 1.88. The minimum atomic E-state index is -0.0530. The van der Waals surface area contributed by atoms with E-state index < -0.39 is 0 Å². The molecule has 3 aromatic rings. The van der Waals surface area contributed by atoms with Gasteiger partial charge in [0.25, 0.3) is 5.56 Å². The molecule has 102 valence electrons. The lowest BCUT2D eigenvalue weighted by molar-refractivity contribution is 0.415. The zero-order valence-electron chi connectivity index (χ0n) is 10.9. The minimum absolute atomic E-state index is 0.0530. The summed E-state index contributed by atoms with van der Waals surface area (Å²) >= 11 is 1.45. The molecule has 0 saturated heterocycles. The number of nitrogens with zero attached hydrogens (tertiary/aromatic N) is 2. The number of ether oxygens (including phenoxy) is 1. The maximum Gasteiger partial charge on any atom is 0.258 e. The maximum atomic E-state index is 11.8. The van der Waals surface area contributed by atoms with Crippen LogP contribution in [0.2, 0.25) is 0 Å². The van der Waals surface area contributed by atoms with E-state index in [1.807, 2.05) is 29.6 Å². The standard InChI is InChI=1S/C14H13N3O2S/c1-19-12-4-2-10(3-5-12)15-9-11-8-13(18)17-6-7-20-14(17)16-11/h2-8,15H,9H2,1H3. The highest BCUT2D eigenvalue weighted by Gasteiger charge is 2.03. The third-order valence-electron chi connectivity index (χ3n) is 2.92.